The molecule has 0 atom stereocenters. The number of amides is 1. The zero-order chi connectivity index (χ0) is 21.8. The zero-order valence-electron chi connectivity index (χ0n) is 18.7. The first-order valence-electron chi connectivity index (χ1n) is 11.1. The Bertz CT molecular complexity index is 1060. The van der Waals surface area contributed by atoms with E-state index in [1.165, 1.54) is 11.1 Å². The molecule has 2 heterocycles. The van der Waals surface area contributed by atoms with E-state index in [2.05, 4.69) is 43.9 Å². The predicted octanol–water partition coefficient (Wildman–Crippen LogP) is 4.84. The minimum atomic E-state index is 0.0298. The Morgan fingerprint density at radius 1 is 1.16 bits per heavy atom. The molecule has 0 unspecified atom stereocenters. The topological polar surface area (TPSA) is 45.7 Å². The van der Waals surface area contributed by atoms with E-state index in [0.717, 1.165) is 72.2 Å². The monoisotopic (exact) mass is 437 g/mol. The van der Waals surface area contributed by atoms with Crippen LogP contribution in [0.4, 0.5) is 5.13 Å². The van der Waals surface area contributed by atoms with Crippen LogP contribution in [0.15, 0.2) is 36.4 Å². The van der Waals surface area contributed by atoms with Crippen molar-refractivity contribution in [1.29, 1.82) is 0 Å². The summed E-state index contributed by atoms with van der Waals surface area (Å²) in [4.78, 5) is 22.8. The minimum absolute atomic E-state index is 0.0298. The van der Waals surface area contributed by atoms with E-state index >= 15 is 0 Å². The number of nitrogens with zero attached hydrogens (tertiary/aromatic N) is 3. The Kier molecular flexibility index (Phi) is 7.00. The Labute approximate surface area is 188 Å². The van der Waals surface area contributed by atoms with Gasteiger partial charge in [0.25, 0.3) is 5.91 Å². The highest BCUT2D eigenvalue weighted by molar-refractivity contribution is 7.22. The maximum atomic E-state index is 13.6. The van der Waals surface area contributed by atoms with E-state index < -0.39 is 0 Å². The van der Waals surface area contributed by atoms with E-state index in [9.17, 15) is 4.79 Å². The molecule has 1 aliphatic rings. The van der Waals surface area contributed by atoms with E-state index in [1.807, 2.05) is 23.1 Å². The molecule has 2 aromatic carbocycles. The van der Waals surface area contributed by atoms with Gasteiger partial charge in [0.15, 0.2) is 5.13 Å². The van der Waals surface area contributed by atoms with Gasteiger partial charge < -0.3 is 4.74 Å². The number of benzene rings is 2. The maximum absolute atomic E-state index is 13.6. The van der Waals surface area contributed by atoms with Crippen LogP contribution in [0.2, 0.25) is 0 Å². The molecular weight excluding hydrogens is 406 g/mol. The summed E-state index contributed by atoms with van der Waals surface area (Å²) in [5.74, 6) is 0.0298. The van der Waals surface area contributed by atoms with Gasteiger partial charge >= 0.3 is 0 Å². The lowest BCUT2D eigenvalue weighted by Crippen LogP contribution is -2.39. The predicted molar refractivity (Wildman–Crippen MR) is 128 cm³/mol. The van der Waals surface area contributed by atoms with Crippen molar-refractivity contribution in [2.75, 3.05) is 44.3 Å². The van der Waals surface area contributed by atoms with Crippen LogP contribution in [-0.4, -0.2) is 55.2 Å². The first-order chi connectivity index (χ1) is 15.1. The van der Waals surface area contributed by atoms with E-state index in [4.69, 9.17) is 9.72 Å². The van der Waals surface area contributed by atoms with E-state index in [-0.39, 0.29) is 5.91 Å². The van der Waals surface area contributed by atoms with Gasteiger partial charge in [0.05, 0.1) is 23.4 Å². The van der Waals surface area contributed by atoms with Gasteiger partial charge in [0.2, 0.25) is 0 Å². The van der Waals surface area contributed by atoms with Crippen molar-refractivity contribution in [1.82, 2.24) is 9.88 Å². The number of fused-ring (bicyclic) bond motifs is 1. The van der Waals surface area contributed by atoms with Gasteiger partial charge in [-0.25, -0.2) is 4.98 Å². The summed E-state index contributed by atoms with van der Waals surface area (Å²) in [5.41, 5.74) is 5.31. The van der Waals surface area contributed by atoms with E-state index in [1.54, 1.807) is 11.3 Å². The smallest absolute Gasteiger partial charge is 0.260 e. The summed E-state index contributed by atoms with van der Waals surface area (Å²) < 4.78 is 6.59. The van der Waals surface area contributed by atoms with Crippen molar-refractivity contribution in [2.45, 2.75) is 33.6 Å². The lowest BCUT2D eigenvalue weighted by Gasteiger charge is -2.27. The number of thiazole rings is 1. The fourth-order valence-corrected chi connectivity index (χ4v) is 5.02. The molecule has 6 heteroatoms. The molecule has 5 nitrogen and oxygen atoms in total. The molecule has 0 spiro atoms. The SMILES string of the molecule is CCc1cccc2sc(N(CCCN3CCOCC3)C(=O)c3ccc(C)c(C)c3)nc12. The molecule has 0 aliphatic carbocycles. The Hall–Kier alpha value is -2.28. The standard InChI is InChI=1S/C25H31N3O2S/c1-4-20-7-5-8-22-23(20)26-25(31-22)28(12-6-11-27-13-15-30-16-14-27)24(29)21-10-9-18(2)19(3)17-21/h5,7-10,17H,4,6,11-16H2,1-3H3. The summed E-state index contributed by atoms with van der Waals surface area (Å²) in [6, 6.07) is 12.3. The highest BCUT2D eigenvalue weighted by Gasteiger charge is 2.22. The van der Waals surface area contributed by atoms with Crippen LogP contribution < -0.4 is 4.90 Å². The molecule has 4 rings (SSSR count). The van der Waals surface area contributed by atoms with Gasteiger partial charge in [0.1, 0.15) is 0 Å². The first-order valence-corrected chi connectivity index (χ1v) is 12.0. The van der Waals surface area contributed by atoms with Crippen molar-refractivity contribution in [2.24, 2.45) is 0 Å². The van der Waals surface area contributed by atoms with Crippen molar-refractivity contribution in [3.05, 3.63) is 58.7 Å². The van der Waals surface area contributed by atoms with Gasteiger partial charge in [-0.3, -0.25) is 14.6 Å². The van der Waals surface area contributed by atoms with Crippen molar-refractivity contribution < 1.29 is 9.53 Å². The number of rotatable bonds is 7. The number of carbonyl (C=O) groups is 1. The fourth-order valence-electron chi connectivity index (χ4n) is 3.99. The Morgan fingerprint density at radius 3 is 2.71 bits per heavy atom. The maximum Gasteiger partial charge on any atom is 0.260 e. The summed E-state index contributed by atoms with van der Waals surface area (Å²) >= 11 is 1.61. The van der Waals surface area contributed by atoms with Gasteiger partial charge in [0, 0.05) is 31.7 Å². The van der Waals surface area contributed by atoms with Gasteiger partial charge in [-0.2, -0.15) is 0 Å². The molecule has 1 saturated heterocycles. The van der Waals surface area contributed by atoms with Gasteiger partial charge in [-0.05, 0) is 61.6 Å². The van der Waals surface area contributed by atoms with Gasteiger partial charge in [-0.15, -0.1) is 0 Å². The second-order valence-electron chi connectivity index (χ2n) is 8.18. The third-order valence-corrected chi connectivity index (χ3v) is 7.11. The van der Waals surface area contributed by atoms with Crippen LogP contribution in [0, 0.1) is 13.8 Å². The molecule has 0 N–H and O–H groups in total. The van der Waals surface area contributed by atoms with Crippen molar-refractivity contribution >= 4 is 32.6 Å². The number of morpholine rings is 1. The number of hydrogen-bond acceptors (Lipinski definition) is 5. The Balaban J connectivity index is 1.61. The first kappa shape index (κ1) is 21.9. The normalized spacial score (nSPS) is 14.8. The number of carbonyl (C=O) groups excluding carboxylic acids is 1. The van der Waals surface area contributed by atoms with Crippen LogP contribution >= 0.6 is 11.3 Å². The fraction of sp³-hybridized carbons (Fsp3) is 0.440. The van der Waals surface area contributed by atoms with Crippen LogP contribution in [0.5, 0.6) is 0 Å². The summed E-state index contributed by atoms with van der Waals surface area (Å²) in [6.07, 6.45) is 1.84. The molecule has 164 valence electrons. The number of para-hydroxylation sites is 1. The van der Waals surface area contributed by atoms with Gasteiger partial charge in [-0.1, -0.05) is 36.5 Å². The number of anilines is 1. The molecular formula is C25H31N3O2S. The zero-order valence-corrected chi connectivity index (χ0v) is 19.5. The second-order valence-corrected chi connectivity index (χ2v) is 9.19. The number of ether oxygens (including phenoxy) is 1. The summed E-state index contributed by atoms with van der Waals surface area (Å²) in [7, 11) is 0. The minimum Gasteiger partial charge on any atom is -0.379 e. The molecule has 1 amide bonds. The highest BCUT2D eigenvalue weighted by atomic mass is 32.1. The highest BCUT2D eigenvalue weighted by Crippen LogP contribution is 2.32. The number of hydrogen-bond donors (Lipinski definition) is 0. The third-order valence-electron chi connectivity index (χ3n) is 6.06. The largest absolute Gasteiger partial charge is 0.379 e. The average Bonchev–Trinajstić information content (AvgIpc) is 3.23. The Morgan fingerprint density at radius 2 is 1.97 bits per heavy atom. The van der Waals surface area contributed by atoms with Crippen molar-refractivity contribution in [3.63, 3.8) is 0 Å². The van der Waals surface area contributed by atoms with E-state index in [0.29, 0.717) is 6.54 Å². The number of aryl methyl sites for hydroxylation is 3. The van der Waals surface area contributed by atoms with Crippen LogP contribution in [0.25, 0.3) is 10.2 Å². The molecule has 1 fully saturated rings. The summed E-state index contributed by atoms with van der Waals surface area (Å²) in [5, 5.41) is 0.793. The molecule has 0 bridgehead atoms. The molecule has 0 radical (unpaired) electrons. The number of aromatic nitrogens is 1. The molecule has 0 saturated carbocycles. The third kappa shape index (κ3) is 4.97. The van der Waals surface area contributed by atoms with Crippen LogP contribution in [0.1, 0.15) is 40.4 Å². The van der Waals surface area contributed by atoms with Crippen LogP contribution in [-0.2, 0) is 11.2 Å². The van der Waals surface area contributed by atoms with Crippen LogP contribution in [0.3, 0.4) is 0 Å². The quantitative estimate of drug-likeness (QED) is 0.530. The molecule has 3 aromatic rings. The average molecular weight is 438 g/mol. The van der Waals surface area contributed by atoms with Crippen molar-refractivity contribution in [3.8, 4) is 0 Å². The lowest BCUT2D eigenvalue weighted by molar-refractivity contribution is 0.0376. The molecule has 1 aromatic heterocycles. The summed E-state index contributed by atoms with van der Waals surface area (Å²) in [6.45, 7) is 11.4. The second kappa shape index (κ2) is 9.90. The molecule has 31 heavy (non-hydrogen) atoms. The lowest BCUT2D eigenvalue weighted by atomic mass is 10.1. The molecule has 1 aliphatic heterocycles.